The fourth-order valence-corrected chi connectivity index (χ4v) is 1.60. The van der Waals surface area contributed by atoms with Crippen molar-refractivity contribution in [3.05, 3.63) is 18.2 Å². The number of hydrogen-bond acceptors (Lipinski definition) is 8. The van der Waals surface area contributed by atoms with Crippen molar-refractivity contribution in [2.24, 2.45) is 5.73 Å². The molecule has 1 heterocycles. The third-order valence-corrected chi connectivity index (χ3v) is 2.60. The first-order valence-electron chi connectivity index (χ1n) is 7.00. The lowest BCUT2D eigenvalue weighted by molar-refractivity contribution is -0.157. The van der Waals surface area contributed by atoms with Gasteiger partial charge in [0.2, 0.25) is 12.7 Å². The van der Waals surface area contributed by atoms with Crippen LogP contribution in [0, 0.1) is 0 Å². The second-order valence-electron chi connectivity index (χ2n) is 4.33. The number of aromatic amines is 1. The molecule has 0 spiro atoms. The highest BCUT2D eigenvalue weighted by atomic mass is 16.8. The van der Waals surface area contributed by atoms with Gasteiger partial charge in [-0.25, -0.2) is 14.6 Å². The lowest BCUT2D eigenvalue weighted by atomic mass is 10.1. The van der Waals surface area contributed by atoms with Crippen LogP contribution in [-0.2, 0) is 30.2 Å². The molecular formula is C13H20N4O6. The second-order valence-corrected chi connectivity index (χ2v) is 4.33. The van der Waals surface area contributed by atoms with Gasteiger partial charge in [-0.05, 0) is 6.92 Å². The molecule has 1 aromatic rings. The molecule has 0 unspecified atom stereocenters. The van der Waals surface area contributed by atoms with Crippen LogP contribution in [-0.4, -0.2) is 54.0 Å². The molecule has 0 aliphatic heterocycles. The molecule has 4 N–H and O–H groups in total. The number of nitrogens with two attached hydrogens (primary N) is 1. The highest BCUT2D eigenvalue weighted by Gasteiger charge is 2.23. The maximum Gasteiger partial charge on any atom is 0.511 e. The fraction of sp³-hybridized carbons (Fsp3) is 0.538. The number of H-pyrrole nitrogens is 1. The highest BCUT2D eigenvalue weighted by Crippen LogP contribution is 2.02. The lowest BCUT2D eigenvalue weighted by Crippen LogP contribution is -2.44. The molecule has 0 saturated carbocycles. The number of nitrogens with zero attached hydrogens (tertiary/aromatic N) is 1. The van der Waals surface area contributed by atoms with Gasteiger partial charge in [0, 0.05) is 25.6 Å². The van der Waals surface area contributed by atoms with Crippen LogP contribution in [0.4, 0.5) is 4.79 Å². The van der Waals surface area contributed by atoms with Crippen LogP contribution >= 0.6 is 0 Å². The lowest BCUT2D eigenvalue weighted by Gasteiger charge is -2.16. The molecule has 0 aliphatic carbocycles. The Bertz CT molecular complexity index is 505. The predicted octanol–water partition coefficient (Wildman–Crippen LogP) is -0.540. The predicted molar refractivity (Wildman–Crippen MR) is 77.0 cm³/mol. The van der Waals surface area contributed by atoms with Crippen LogP contribution in [0.5, 0.6) is 0 Å². The first kappa shape index (κ1) is 18.4. The summed E-state index contributed by atoms with van der Waals surface area (Å²) in [5.74, 6) is -1.15. The van der Waals surface area contributed by atoms with Crippen molar-refractivity contribution in [2.75, 3.05) is 19.9 Å². The van der Waals surface area contributed by atoms with E-state index >= 15 is 0 Å². The van der Waals surface area contributed by atoms with E-state index < -0.39 is 30.9 Å². The molecule has 1 amide bonds. The molecule has 1 rings (SSSR count). The van der Waals surface area contributed by atoms with E-state index in [0.29, 0.717) is 5.69 Å². The Labute approximate surface area is 132 Å². The summed E-state index contributed by atoms with van der Waals surface area (Å²) in [5, 5.41) is 2.50. The highest BCUT2D eigenvalue weighted by molar-refractivity contribution is 5.84. The van der Waals surface area contributed by atoms with E-state index in [-0.39, 0.29) is 26.0 Å². The number of nitrogens with one attached hydrogen (secondary N) is 2. The zero-order valence-electron chi connectivity index (χ0n) is 12.7. The van der Waals surface area contributed by atoms with Crippen LogP contribution in [0.25, 0.3) is 0 Å². The van der Waals surface area contributed by atoms with E-state index in [4.69, 9.17) is 10.5 Å². The van der Waals surface area contributed by atoms with Gasteiger partial charge in [0.15, 0.2) is 0 Å². The summed E-state index contributed by atoms with van der Waals surface area (Å²) < 4.78 is 13.9. The van der Waals surface area contributed by atoms with Crippen LogP contribution in [0.3, 0.4) is 0 Å². The van der Waals surface area contributed by atoms with E-state index in [1.165, 1.54) is 6.33 Å². The zero-order valence-corrected chi connectivity index (χ0v) is 12.7. The average molecular weight is 328 g/mol. The Morgan fingerprint density at radius 2 is 2.13 bits per heavy atom. The topological polar surface area (TPSA) is 146 Å². The number of amides is 1. The number of rotatable bonds is 9. The number of esters is 1. The Morgan fingerprint density at radius 1 is 1.35 bits per heavy atom. The van der Waals surface area contributed by atoms with Gasteiger partial charge in [-0.15, -0.1) is 0 Å². The second kappa shape index (κ2) is 10.2. The molecular weight excluding hydrogens is 308 g/mol. The normalized spacial score (nSPS) is 11.4. The monoisotopic (exact) mass is 328 g/mol. The maximum absolute atomic E-state index is 12.0. The van der Waals surface area contributed by atoms with Crippen LogP contribution in [0.1, 0.15) is 19.0 Å². The molecule has 10 heteroatoms. The fourth-order valence-electron chi connectivity index (χ4n) is 1.60. The SMILES string of the molecule is CCOC(=O)OCOC(=O)[C@H](Cc1c[nH]cn1)NC(=O)CCN. The molecule has 0 bridgehead atoms. The number of aromatic nitrogens is 2. The van der Waals surface area contributed by atoms with Crippen molar-refractivity contribution >= 4 is 18.0 Å². The minimum absolute atomic E-state index is 0.0731. The summed E-state index contributed by atoms with van der Waals surface area (Å²) in [6, 6.07) is -0.969. The van der Waals surface area contributed by atoms with E-state index in [9.17, 15) is 14.4 Å². The van der Waals surface area contributed by atoms with Crippen LogP contribution in [0.15, 0.2) is 12.5 Å². The van der Waals surface area contributed by atoms with Gasteiger partial charge in [0.1, 0.15) is 6.04 Å². The standard InChI is InChI=1S/C13H20N4O6/c1-2-21-13(20)23-8-22-12(19)10(17-11(18)3-4-14)5-9-6-15-7-16-9/h6-7,10H,2-5,8,14H2,1H3,(H,15,16)(H,17,18)/t10-/m0/s1. The Hall–Kier alpha value is -2.62. The molecule has 10 nitrogen and oxygen atoms in total. The van der Waals surface area contributed by atoms with Crippen LogP contribution < -0.4 is 11.1 Å². The number of carbonyl (C=O) groups is 3. The van der Waals surface area contributed by atoms with E-state index in [1.54, 1.807) is 13.1 Å². The summed E-state index contributed by atoms with van der Waals surface area (Å²) in [7, 11) is 0. The minimum atomic E-state index is -0.969. The summed E-state index contributed by atoms with van der Waals surface area (Å²) >= 11 is 0. The van der Waals surface area contributed by atoms with Gasteiger partial charge in [-0.2, -0.15) is 0 Å². The molecule has 1 aromatic heterocycles. The van der Waals surface area contributed by atoms with Gasteiger partial charge in [0.25, 0.3) is 0 Å². The summed E-state index contributed by atoms with van der Waals surface area (Å²) in [6.45, 7) is 1.30. The molecule has 0 aliphatic rings. The van der Waals surface area contributed by atoms with Crippen molar-refractivity contribution < 1.29 is 28.6 Å². The van der Waals surface area contributed by atoms with Gasteiger partial charge in [-0.3, -0.25) is 4.79 Å². The molecule has 0 radical (unpaired) electrons. The van der Waals surface area contributed by atoms with E-state index in [2.05, 4.69) is 24.8 Å². The molecule has 23 heavy (non-hydrogen) atoms. The number of hydrogen-bond donors (Lipinski definition) is 3. The number of imidazole rings is 1. The smallest absolute Gasteiger partial charge is 0.435 e. The first-order valence-corrected chi connectivity index (χ1v) is 7.00. The van der Waals surface area contributed by atoms with E-state index in [0.717, 1.165) is 0 Å². The summed E-state index contributed by atoms with van der Waals surface area (Å²) in [6.07, 6.45) is 2.28. The van der Waals surface area contributed by atoms with Crippen molar-refractivity contribution in [2.45, 2.75) is 25.8 Å². The van der Waals surface area contributed by atoms with Gasteiger partial charge in [0.05, 0.1) is 18.6 Å². The molecule has 0 fully saturated rings. The van der Waals surface area contributed by atoms with Crippen molar-refractivity contribution in [3.63, 3.8) is 0 Å². The number of carbonyl (C=O) groups excluding carboxylic acids is 3. The van der Waals surface area contributed by atoms with Crippen LogP contribution in [0.2, 0.25) is 0 Å². The maximum atomic E-state index is 12.0. The first-order chi connectivity index (χ1) is 11.1. The molecule has 128 valence electrons. The molecule has 1 atom stereocenters. The minimum Gasteiger partial charge on any atom is -0.435 e. The van der Waals surface area contributed by atoms with Crippen molar-refractivity contribution in [1.82, 2.24) is 15.3 Å². The summed E-state index contributed by atoms with van der Waals surface area (Å²) in [5.41, 5.74) is 5.85. The number of ether oxygens (including phenoxy) is 3. The van der Waals surface area contributed by atoms with Crippen molar-refractivity contribution in [3.8, 4) is 0 Å². The Morgan fingerprint density at radius 3 is 2.74 bits per heavy atom. The Balaban J connectivity index is 2.53. The zero-order chi connectivity index (χ0) is 17.1. The third-order valence-electron chi connectivity index (χ3n) is 2.60. The molecule has 0 saturated heterocycles. The van der Waals surface area contributed by atoms with Gasteiger partial charge >= 0.3 is 12.1 Å². The third kappa shape index (κ3) is 7.27. The largest absolute Gasteiger partial charge is 0.511 e. The van der Waals surface area contributed by atoms with Gasteiger partial charge in [-0.1, -0.05) is 0 Å². The van der Waals surface area contributed by atoms with E-state index in [1.807, 2.05) is 0 Å². The quantitative estimate of drug-likeness (QED) is 0.404. The van der Waals surface area contributed by atoms with Gasteiger partial charge < -0.3 is 30.2 Å². The molecule has 0 aromatic carbocycles. The average Bonchev–Trinajstić information content (AvgIpc) is 3.00. The van der Waals surface area contributed by atoms with Crippen molar-refractivity contribution in [1.29, 1.82) is 0 Å². The summed E-state index contributed by atoms with van der Waals surface area (Å²) in [4.78, 5) is 41.3. The Kier molecular flexibility index (Phi) is 8.14.